The average Bonchev–Trinajstić information content (AvgIpc) is 2.55. The van der Waals surface area contributed by atoms with Crippen LogP contribution in [0.5, 0.6) is 0 Å². The van der Waals surface area contributed by atoms with Crippen LogP contribution >= 0.6 is 23.5 Å². The van der Waals surface area contributed by atoms with Crippen LogP contribution in [-0.4, -0.2) is 20.1 Å². The minimum Gasteiger partial charge on any atom is -0.254 e. The van der Waals surface area contributed by atoms with Crippen LogP contribution in [-0.2, 0) is 16.6 Å². The molecule has 1 heterocycles. The quantitative estimate of drug-likeness (QED) is 0.827. The summed E-state index contributed by atoms with van der Waals surface area (Å²) in [5.41, 5.74) is 2.36. The third-order valence-corrected chi connectivity index (χ3v) is 6.93. The first-order chi connectivity index (χ1) is 10.3. The van der Waals surface area contributed by atoms with E-state index in [4.69, 9.17) is 0 Å². The maximum atomic E-state index is 12.1. The van der Waals surface area contributed by atoms with Crippen LogP contribution in [0.1, 0.15) is 5.56 Å². The minimum absolute atomic E-state index is 0.663. The summed E-state index contributed by atoms with van der Waals surface area (Å²) in [6.07, 6.45) is 0. The van der Waals surface area contributed by atoms with E-state index in [1.807, 2.05) is 36.4 Å². The number of hydrogen-bond donors (Lipinski definition) is 0. The Morgan fingerprint density at radius 2 is 1.86 bits per heavy atom. The first-order valence-electron chi connectivity index (χ1n) is 6.68. The monoisotopic (exact) mass is 333 g/mol. The summed E-state index contributed by atoms with van der Waals surface area (Å²) in [5, 5.41) is 0. The van der Waals surface area contributed by atoms with Crippen LogP contribution in [0.3, 0.4) is 0 Å². The van der Waals surface area contributed by atoms with Crippen molar-refractivity contribution < 1.29 is 4.21 Å². The van der Waals surface area contributed by atoms with Gasteiger partial charge in [-0.1, -0.05) is 59.9 Å². The van der Waals surface area contributed by atoms with Gasteiger partial charge in [-0.05, 0) is 23.8 Å². The molecule has 0 radical (unpaired) electrons. The number of fused-ring (bicyclic) bond motifs is 1. The first-order valence-corrected chi connectivity index (χ1v) is 9.97. The lowest BCUT2D eigenvalue weighted by atomic mass is 10.2. The molecule has 5 heteroatoms. The lowest BCUT2D eigenvalue weighted by Gasteiger charge is -2.14. The third kappa shape index (κ3) is 3.99. The van der Waals surface area contributed by atoms with Gasteiger partial charge in [-0.2, -0.15) is 0 Å². The van der Waals surface area contributed by atoms with Gasteiger partial charge in [-0.25, -0.2) is 4.99 Å². The van der Waals surface area contributed by atoms with Crippen LogP contribution in [0.4, 0.5) is 5.69 Å². The largest absolute Gasteiger partial charge is 0.254 e. The maximum absolute atomic E-state index is 12.1. The summed E-state index contributed by atoms with van der Waals surface area (Å²) in [6.45, 7) is 0. The molecular weight excluding hydrogens is 318 g/mol. The summed E-state index contributed by atoms with van der Waals surface area (Å²) in [5.74, 6) is 2.47. The zero-order valence-electron chi connectivity index (χ0n) is 11.4. The van der Waals surface area contributed by atoms with Crippen molar-refractivity contribution in [3.8, 4) is 0 Å². The molecule has 0 saturated heterocycles. The van der Waals surface area contributed by atoms with Gasteiger partial charge < -0.3 is 0 Å². The van der Waals surface area contributed by atoms with Crippen molar-refractivity contribution in [1.29, 1.82) is 0 Å². The summed E-state index contributed by atoms with van der Waals surface area (Å²) in [7, 11) is -0.918. The zero-order chi connectivity index (χ0) is 14.5. The molecule has 1 atom stereocenters. The summed E-state index contributed by atoms with van der Waals surface area (Å²) >= 11 is 3.47. The predicted molar refractivity (Wildman–Crippen MR) is 95.0 cm³/mol. The van der Waals surface area contributed by atoms with E-state index in [1.165, 1.54) is 5.56 Å². The average molecular weight is 334 g/mol. The molecule has 2 aromatic rings. The fourth-order valence-corrected chi connectivity index (χ4v) is 5.40. The lowest BCUT2D eigenvalue weighted by molar-refractivity contribution is 0.684. The van der Waals surface area contributed by atoms with Crippen molar-refractivity contribution >= 4 is 44.4 Å². The van der Waals surface area contributed by atoms with Gasteiger partial charge >= 0.3 is 0 Å². The molecule has 0 N–H and O–H groups in total. The smallest absolute Gasteiger partial charge is 0.130 e. The van der Waals surface area contributed by atoms with Gasteiger partial charge in [-0.3, -0.25) is 4.21 Å². The highest BCUT2D eigenvalue weighted by Gasteiger charge is 2.13. The molecule has 0 spiro atoms. The van der Waals surface area contributed by atoms with E-state index >= 15 is 0 Å². The van der Waals surface area contributed by atoms with E-state index in [-0.39, 0.29) is 0 Å². The van der Waals surface area contributed by atoms with Gasteiger partial charge in [0.2, 0.25) is 0 Å². The van der Waals surface area contributed by atoms with Crippen molar-refractivity contribution in [2.45, 2.75) is 10.6 Å². The number of benzene rings is 2. The molecule has 0 bridgehead atoms. The van der Waals surface area contributed by atoms with Crippen molar-refractivity contribution in [3.63, 3.8) is 0 Å². The van der Waals surface area contributed by atoms with Gasteiger partial charge in [0.15, 0.2) is 0 Å². The summed E-state index contributed by atoms with van der Waals surface area (Å²) in [6, 6.07) is 17.9. The molecule has 0 aliphatic carbocycles. The summed E-state index contributed by atoms with van der Waals surface area (Å²) in [4.78, 5) is 5.56. The number of thioether (sulfide) groups is 2. The molecule has 1 aliphatic rings. The molecule has 108 valence electrons. The molecular formula is C16H15NOS3. The highest BCUT2D eigenvalue weighted by atomic mass is 32.2. The molecule has 0 fully saturated rings. The van der Waals surface area contributed by atoms with Crippen molar-refractivity contribution in [1.82, 2.24) is 0 Å². The Kier molecular flexibility index (Phi) is 5.17. The highest BCUT2D eigenvalue weighted by Crippen LogP contribution is 2.34. The van der Waals surface area contributed by atoms with Gasteiger partial charge in [-0.15, -0.1) is 0 Å². The van der Waals surface area contributed by atoms with E-state index < -0.39 is 10.8 Å². The molecule has 21 heavy (non-hydrogen) atoms. The van der Waals surface area contributed by atoms with Gasteiger partial charge in [0.25, 0.3) is 0 Å². The number of rotatable bonds is 4. The first kappa shape index (κ1) is 14.9. The number of nitrogens with zero attached hydrogens (tertiary/aromatic N) is 1. The normalized spacial score (nSPS) is 15.1. The number of para-hydroxylation sites is 1. The Hall–Kier alpha value is -1.04. The van der Waals surface area contributed by atoms with Crippen LogP contribution in [0.2, 0.25) is 0 Å². The Morgan fingerprint density at radius 3 is 2.71 bits per heavy atom. The number of aliphatic imine (C=N–C) groups is 1. The second-order valence-corrected chi connectivity index (χ2v) is 8.38. The van der Waals surface area contributed by atoms with E-state index in [2.05, 4.69) is 23.2 Å². The predicted octanol–water partition coefficient (Wildman–Crippen LogP) is 4.46. The Labute approximate surface area is 135 Å². The van der Waals surface area contributed by atoms with Gasteiger partial charge in [0.1, 0.15) is 4.38 Å². The van der Waals surface area contributed by atoms with E-state index in [0.717, 1.165) is 26.5 Å². The SMILES string of the molecule is O=[S@](CCSC1=Nc2ccccc2CS1)c1ccccc1. The van der Waals surface area contributed by atoms with Crippen molar-refractivity contribution in [3.05, 3.63) is 60.2 Å². The third-order valence-electron chi connectivity index (χ3n) is 3.05. The van der Waals surface area contributed by atoms with E-state index in [9.17, 15) is 4.21 Å². The van der Waals surface area contributed by atoms with Gasteiger partial charge in [0.05, 0.1) is 16.5 Å². The second kappa shape index (κ2) is 7.29. The van der Waals surface area contributed by atoms with Crippen LogP contribution in [0.15, 0.2) is 64.5 Å². The van der Waals surface area contributed by atoms with Crippen LogP contribution < -0.4 is 0 Å². The molecule has 0 unspecified atom stereocenters. The van der Waals surface area contributed by atoms with Crippen LogP contribution in [0, 0.1) is 0 Å². The Morgan fingerprint density at radius 1 is 1.10 bits per heavy atom. The molecule has 2 aromatic carbocycles. The standard InChI is InChI=1S/C16H15NOS3/c18-21(14-7-2-1-3-8-14)11-10-19-16-17-15-9-5-4-6-13(15)12-20-16/h1-9H,10-12H2/t21-/m1/s1. The van der Waals surface area contributed by atoms with E-state index in [1.54, 1.807) is 23.5 Å². The molecule has 3 rings (SSSR count). The Bertz CT molecular complexity index is 670. The highest BCUT2D eigenvalue weighted by molar-refractivity contribution is 8.38. The molecule has 0 aromatic heterocycles. The maximum Gasteiger partial charge on any atom is 0.130 e. The fourth-order valence-electron chi connectivity index (χ4n) is 1.98. The van der Waals surface area contributed by atoms with Crippen molar-refractivity contribution in [2.24, 2.45) is 4.99 Å². The molecule has 2 nitrogen and oxygen atoms in total. The summed E-state index contributed by atoms with van der Waals surface area (Å²) < 4.78 is 13.2. The van der Waals surface area contributed by atoms with Crippen molar-refractivity contribution in [2.75, 3.05) is 11.5 Å². The lowest BCUT2D eigenvalue weighted by Crippen LogP contribution is -2.03. The minimum atomic E-state index is -0.918. The number of hydrogen-bond acceptors (Lipinski definition) is 4. The molecule has 1 aliphatic heterocycles. The fraction of sp³-hybridized carbons (Fsp3) is 0.188. The topological polar surface area (TPSA) is 29.4 Å². The van der Waals surface area contributed by atoms with Crippen LogP contribution in [0.25, 0.3) is 0 Å². The molecule has 0 saturated carbocycles. The Balaban J connectivity index is 1.55. The van der Waals surface area contributed by atoms with Gasteiger partial charge in [0, 0.05) is 22.2 Å². The van der Waals surface area contributed by atoms with E-state index in [0.29, 0.717) is 5.75 Å². The molecule has 0 amide bonds. The second-order valence-electron chi connectivity index (χ2n) is 4.51. The zero-order valence-corrected chi connectivity index (χ0v) is 13.8.